The second-order valence-corrected chi connectivity index (χ2v) is 6.50. The summed E-state index contributed by atoms with van der Waals surface area (Å²) in [6.07, 6.45) is 4.11. The minimum absolute atomic E-state index is 0.0276. The molecule has 4 heteroatoms. The molecule has 1 saturated heterocycles. The Morgan fingerprint density at radius 2 is 1.80 bits per heavy atom. The van der Waals surface area contributed by atoms with Crippen LogP contribution in [0.4, 0.5) is 0 Å². The summed E-state index contributed by atoms with van der Waals surface area (Å²) in [5.41, 5.74) is 2.74. The van der Waals surface area contributed by atoms with Crippen molar-refractivity contribution in [2.75, 3.05) is 20.2 Å². The predicted molar refractivity (Wildman–Crippen MR) is 99.1 cm³/mol. The molecule has 25 heavy (non-hydrogen) atoms. The molecule has 0 aliphatic carbocycles. The molecule has 0 saturated carbocycles. The van der Waals surface area contributed by atoms with Crippen LogP contribution in [0.5, 0.6) is 11.5 Å². The van der Waals surface area contributed by atoms with Crippen molar-refractivity contribution in [3.8, 4) is 11.5 Å². The van der Waals surface area contributed by atoms with Gasteiger partial charge in [-0.1, -0.05) is 30.3 Å². The number of likely N-dealkylation sites (tertiary alicyclic amines) is 1. The van der Waals surface area contributed by atoms with Gasteiger partial charge in [-0.15, -0.1) is 0 Å². The van der Waals surface area contributed by atoms with Crippen molar-refractivity contribution in [3.63, 3.8) is 0 Å². The average Bonchev–Trinajstić information content (AvgIpc) is 3.19. The highest BCUT2D eigenvalue weighted by atomic mass is 16.5. The number of hydrogen-bond donors (Lipinski definition) is 1. The van der Waals surface area contributed by atoms with Crippen LogP contribution in [0, 0.1) is 0 Å². The minimum Gasteiger partial charge on any atom is -0.505 e. The first kappa shape index (κ1) is 15.9. The third-order valence-corrected chi connectivity index (χ3v) is 5.01. The second-order valence-electron chi connectivity index (χ2n) is 6.50. The summed E-state index contributed by atoms with van der Waals surface area (Å²) in [6, 6.07) is 16.1. The molecule has 0 spiro atoms. The zero-order valence-corrected chi connectivity index (χ0v) is 14.4. The Labute approximate surface area is 147 Å². The fourth-order valence-electron chi connectivity index (χ4n) is 3.74. The number of benzene rings is 2. The van der Waals surface area contributed by atoms with Crippen molar-refractivity contribution in [3.05, 3.63) is 65.9 Å². The van der Waals surface area contributed by atoms with Crippen molar-refractivity contribution in [2.24, 2.45) is 0 Å². The molecular formula is C21H22N2O2. The van der Waals surface area contributed by atoms with Crippen molar-refractivity contribution < 1.29 is 9.84 Å². The fourth-order valence-corrected chi connectivity index (χ4v) is 3.74. The van der Waals surface area contributed by atoms with Gasteiger partial charge in [0.1, 0.15) is 17.0 Å². The lowest BCUT2D eigenvalue weighted by atomic mass is 9.95. The van der Waals surface area contributed by atoms with E-state index in [1.165, 1.54) is 12.8 Å². The fraction of sp³-hybridized carbons (Fsp3) is 0.286. The van der Waals surface area contributed by atoms with E-state index in [9.17, 15) is 5.11 Å². The molecule has 1 fully saturated rings. The van der Waals surface area contributed by atoms with E-state index in [4.69, 9.17) is 4.74 Å². The van der Waals surface area contributed by atoms with Gasteiger partial charge in [0.2, 0.25) is 0 Å². The number of phenols is 1. The van der Waals surface area contributed by atoms with E-state index in [0.717, 1.165) is 35.4 Å². The highest BCUT2D eigenvalue weighted by Gasteiger charge is 2.28. The van der Waals surface area contributed by atoms with Gasteiger partial charge in [-0.2, -0.15) is 0 Å². The van der Waals surface area contributed by atoms with Gasteiger partial charge in [0.25, 0.3) is 0 Å². The average molecular weight is 334 g/mol. The molecule has 0 amide bonds. The first-order valence-corrected chi connectivity index (χ1v) is 8.72. The van der Waals surface area contributed by atoms with Crippen LogP contribution in [-0.2, 0) is 0 Å². The number of phenolic OH excluding ortho intramolecular Hbond substituents is 1. The minimum atomic E-state index is 0.0276. The van der Waals surface area contributed by atoms with Crippen LogP contribution in [0.25, 0.3) is 10.9 Å². The summed E-state index contributed by atoms with van der Waals surface area (Å²) in [7, 11) is 1.67. The standard InChI is InChI=1S/C21H22N2O2/c1-25-17-9-6-16(7-10-17)20(23-13-2-3-14-23)18-11-8-15-5-4-12-22-19(15)21(18)24/h4-12,20,24H,2-3,13-14H2,1H3. The molecule has 1 atom stereocenters. The second kappa shape index (κ2) is 6.73. The van der Waals surface area contributed by atoms with Gasteiger partial charge in [-0.05, 0) is 49.7 Å². The molecule has 3 aromatic rings. The number of hydrogen-bond acceptors (Lipinski definition) is 4. The Kier molecular flexibility index (Phi) is 4.28. The molecule has 1 aliphatic rings. The van der Waals surface area contributed by atoms with Crippen LogP contribution in [-0.4, -0.2) is 35.2 Å². The largest absolute Gasteiger partial charge is 0.505 e. The van der Waals surface area contributed by atoms with Gasteiger partial charge in [-0.3, -0.25) is 9.88 Å². The van der Waals surface area contributed by atoms with Crippen molar-refractivity contribution in [1.29, 1.82) is 0 Å². The molecule has 0 bridgehead atoms. The van der Waals surface area contributed by atoms with E-state index >= 15 is 0 Å². The lowest BCUT2D eigenvalue weighted by Gasteiger charge is -2.29. The van der Waals surface area contributed by atoms with Gasteiger partial charge in [0.05, 0.1) is 13.2 Å². The number of aromatic hydroxyl groups is 1. The van der Waals surface area contributed by atoms with Crippen molar-refractivity contribution in [1.82, 2.24) is 9.88 Å². The Balaban J connectivity index is 1.84. The summed E-state index contributed by atoms with van der Waals surface area (Å²) in [5.74, 6) is 1.12. The van der Waals surface area contributed by atoms with Crippen molar-refractivity contribution >= 4 is 10.9 Å². The van der Waals surface area contributed by atoms with Crippen LogP contribution in [0.3, 0.4) is 0 Å². The van der Waals surface area contributed by atoms with Gasteiger partial charge in [-0.25, -0.2) is 0 Å². The number of rotatable bonds is 4. The number of aromatic nitrogens is 1. The molecule has 2 heterocycles. The Morgan fingerprint density at radius 1 is 1.04 bits per heavy atom. The molecular weight excluding hydrogens is 312 g/mol. The van der Waals surface area contributed by atoms with Gasteiger partial charge >= 0.3 is 0 Å². The van der Waals surface area contributed by atoms with Gasteiger partial charge < -0.3 is 9.84 Å². The molecule has 128 valence electrons. The zero-order chi connectivity index (χ0) is 17.2. The van der Waals surface area contributed by atoms with Gasteiger partial charge in [0, 0.05) is 17.1 Å². The smallest absolute Gasteiger partial charge is 0.146 e. The van der Waals surface area contributed by atoms with E-state index in [1.54, 1.807) is 13.3 Å². The maximum Gasteiger partial charge on any atom is 0.146 e. The maximum absolute atomic E-state index is 10.9. The van der Waals surface area contributed by atoms with Crippen LogP contribution < -0.4 is 4.74 Å². The summed E-state index contributed by atoms with van der Waals surface area (Å²) in [6.45, 7) is 2.08. The molecule has 2 aromatic carbocycles. The van der Waals surface area contributed by atoms with E-state index in [2.05, 4.69) is 22.0 Å². The molecule has 1 N–H and O–H groups in total. The summed E-state index contributed by atoms with van der Waals surface area (Å²) in [5, 5.41) is 11.9. The van der Waals surface area contributed by atoms with Crippen LogP contribution in [0.1, 0.15) is 30.0 Å². The lowest BCUT2D eigenvalue weighted by Crippen LogP contribution is -2.26. The third kappa shape index (κ3) is 2.94. The first-order chi connectivity index (χ1) is 12.3. The summed E-state index contributed by atoms with van der Waals surface area (Å²) < 4.78 is 5.29. The number of methoxy groups -OCH3 is 1. The van der Waals surface area contributed by atoms with E-state index in [-0.39, 0.29) is 11.8 Å². The maximum atomic E-state index is 10.9. The van der Waals surface area contributed by atoms with E-state index in [0.29, 0.717) is 5.52 Å². The molecule has 4 rings (SSSR count). The van der Waals surface area contributed by atoms with Crippen molar-refractivity contribution in [2.45, 2.75) is 18.9 Å². The van der Waals surface area contributed by atoms with E-state index < -0.39 is 0 Å². The Bertz CT molecular complexity index is 871. The lowest BCUT2D eigenvalue weighted by molar-refractivity contribution is 0.275. The molecule has 1 unspecified atom stereocenters. The molecule has 0 radical (unpaired) electrons. The molecule has 1 aliphatic heterocycles. The number of pyridine rings is 1. The van der Waals surface area contributed by atoms with Crippen LogP contribution in [0.15, 0.2) is 54.7 Å². The normalized spacial score (nSPS) is 16.2. The number of nitrogens with zero attached hydrogens (tertiary/aromatic N) is 2. The Morgan fingerprint density at radius 3 is 2.52 bits per heavy atom. The van der Waals surface area contributed by atoms with Gasteiger partial charge in [0.15, 0.2) is 0 Å². The third-order valence-electron chi connectivity index (χ3n) is 5.01. The highest BCUT2D eigenvalue weighted by molar-refractivity contribution is 5.85. The predicted octanol–water partition coefficient (Wildman–Crippen LogP) is 4.13. The topological polar surface area (TPSA) is 45.6 Å². The quantitative estimate of drug-likeness (QED) is 0.779. The SMILES string of the molecule is COc1ccc(C(c2ccc3cccnc3c2O)N2CCCC2)cc1. The summed E-state index contributed by atoms with van der Waals surface area (Å²) >= 11 is 0. The monoisotopic (exact) mass is 334 g/mol. The van der Waals surface area contributed by atoms with Crippen LogP contribution in [0.2, 0.25) is 0 Å². The number of fused-ring (bicyclic) bond motifs is 1. The van der Waals surface area contributed by atoms with E-state index in [1.807, 2.05) is 36.4 Å². The highest BCUT2D eigenvalue weighted by Crippen LogP contribution is 2.39. The summed E-state index contributed by atoms with van der Waals surface area (Å²) in [4.78, 5) is 6.82. The Hall–Kier alpha value is -2.59. The molecule has 4 nitrogen and oxygen atoms in total. The number of ether oxygens (including phenoxy) is 1. The van der Waals surface area contributed by atoms with Crippen LogP contribution >= 0.6 is 0 Å². The molecule has 1 aromatic heterocycles. The first-order valence-electron chi connectivity index (χ1n) is 8.72. The zero-order valence-electron chi connectivity index (χ0n) is 14.4.